The Balaban J connectivity index is 2.44. The molecule has 1 N–H and O–H groups in total. The summed E-state index contributed by atoms with van der Waals surface area (Å²) in [5, 5.41) is 0. The van der Waals surface area contributed by atoms with Gasteiger partial charge in [0.1, 0.15) is 0 Å². The summed E-state index contributed by atoms with van der Waals surface area (Å²) in [6.07, 6.45) is 4.64. The first-order valence-electron chi connectivity index (χ1n) is 6.67. The summed E-state index contributed by atoms with van der Waals surface area (Å²) in [7, 11) is 0. The first kappa shape index (κ1) is 11.8. The van der Waals surface area contributed by atoms with Crippen LogP contribution >= 0.6 is 0 Å². The van der Waals surface area contributed by atoms with Crippen LogP contribution in [0.1, 0.15) is 70.6 Å². The van der Waals surface area contributed by atoms with Crippen LogP contribution in [-0.2, 0) is 0 Å². The van der Waals surface area contributed by atoms with Gasteiger partial charge in [0.15, 0.2) is 0 Å². The molecule has 1 heterocycles. The van der Waals surface area contributed by atoms with Crippen LogP contribution in [0.2, 0.25) is 0 Å². The Hall–Kier alpha value is -0.720. The summed E-state index contributed by atoms with van der Waals surface area (Å²) in [5.74, 6) is 2.28. The molecule has 1 aliphatic carbocycles. The highest BCUT2D eigenvalue weighted by molar-refractivity contribution is 5.36. The molecule has 3 atom stereocenters. The van der Waals surface area contributed by atoms with Crippen LogP contribution in [0, 0.1) is 11.3 Å². The average Bonchev–Trinajstić information content (AvgIpc) is 2.73. The summed E-state index contributed by atoms with van der Waals surface area (Å²) in [6, 6.07) is 2.30. The van der Waals surface area contributed by atoms with Crippen LogP contribution in [0.3, 0.4) is 0 Å². The van der Waals surface area contributed by atoms with Gasteiger partial charge in [0.05, 0.1) is 0 Å². The first-order chi connectivity index (χ1) is 7.50. The van der Waals surface area contributed by atoms with Crippen LogP contribution in [0.15, 0.2) is 12.3 Å². The van der Waals surface area contributed by atoms with Gasteiger partial charge >= 0.3 is 0 Å². The molecule has 1 aromatic heterocycles. The molecule has 0 spiro atoms. The lowest BCUT2D eigenvalue weighted by molar-refractivity contribution is 0.174. The number of H-pyrrole nitrogens is 1. The number of aromatic amines is 1. The molecule has 3 unspecified atom stereocenters. The number of rotatable bonds is 2. The van der Waals surface area contributed by atoms with Gasteiger partial charge in [-0.1, -0.05) is 34.6 Å². The molecule has 1 aromatic rings. The second-order valence-corrected chi connectivity index (χ2v) is 6.27. The lowest BCUT2D eigenvalue weighted by Gasteiger charge is -2.36. The molecule has 0 aliphatic heterocycles. The number of fused-ring (bicyclic) bond motifs is 1. The monoisotopic (exact) mass is 219 g/mol. The van der Waals surface area contributed by atoms with E-state index in [2.05, 4.69) is 51.9 Å². The lowest BCUT2D eigenvalue weighted by Crippen LogP contribution is -2.27. The van der Waals surface area contributed by atoms with Crippen LogP contribution in [-0.4, -0.2) is 4.98 Å². The number of hydrogen-bond acceptors (Lipinski definition) is 0. The van der Waals surface area contributed by atoms with Gasteiger partial charge in [-0.25, -0.2) is 0 Å². The van der Waals surface area contributed by atoms with E-state index >= 15 is 0 Å². The maximum atomic E-state index is 3.48. The van der Waals surface area contributed by atoms with E-state index in [1.54, 1.807) is 5.56 Å². The van der Waals surface area contributed by atoms with Gasteiger partial charge in [0.2, 0.25) is 0 Å². The third-order valence-electron chi connectivity index (χ3n) is 4.33. The highest BCUT2D eigenvalue weighted by Gasteiger charge is 2.45. The molecule has 0 saturated heterocycles. The zero-order valence-electron chi connectivity index (χ0n) is 11.3. The largest absolute Gasteiger partial charge is 0.365 e. The zero-order valence-corrected chi connectivity index (χ0v) is 11.3. The minimum absolute atomic E-state index is 0.404. The van der Waals surface area contributed by atoms with E-state index in [9.17, 15) is 0 Å². The molecular weight excluding hydrogens is 194 g/mol. The molecule has 0 amide bonds. The topological polar surface area (TPSA) is 15.8 Å². The van der Waals surface area contributed by atoms with E-state index in [0.717, 1.165) is 17.8 Å². The Bertz CT molecular complexity index is 329. The molecule has 1 nitrogen and oxygen atoms in total. The molecule has 0 saturated carbocycles. The Morgan fingerprint density at radius 1 is 1.12 bits per heavy atom. The smallest absolute Gasteiger partial charge is 0.0217 e. The third-order valence-corrected chi connectivity index (χ3v) is 4.33. The second kappa shape index (κ2) is 3.94. The van der Waals surface area contributed by atoms with Crippen molar-refractivity contribution in [1.82, 2.24) is 4.98 Å². The van der Waals surface area contributed by atoms with Crippen molar-refractivity contribution in [2.24, 2.45) is 11.3 Å². The van der Waals surface area contributed by atoms with Gasteiger partial charge in [-0.3, -0.25) is 0 Å². The van der Waals surface area contributed by atoms with Gasteiger partial charge in [0, 0.05) is 17.8 Å². The summed E-state index contributed by atoms with van der Waals surface area (Å²) in [4.78, 5) is 3.48. The fourth-order valence-corrected chi connectivity index (χ4v) is 3.83. The summed E-state index contributed by atoms with van der Waals surface area (Å²) in [5.41, 5.74) is 3.52. The number of nitrogens with one attached hydrogen (secondary N) is 1. The highest BCUT2D eigenvalue weighted by Crippen LogP contribution is 2.55. The van der Waals surface area contributed by atoms with Crippen molar-refractivity contribution in [3.63, 3.8) is 0 Å². The van der Waals surface area contributed by atoms with Gasteiger partial charge in [-0.15, -0.1) is 0 Å². The van der Waals surface area contributed by atoms with Crippen LogP contribution in [0.25, 0.3) is 0 Å². The molecule has 0 radical (unpaired) electrons. The summed E-state index contributed by atoms with van der Waals surface area (Å²) < 4.78 is 0. The summed E-state index contributed by atoms with van der Waals surface area (Å²) >= 11 is 0. The van der Waals surface area contributed by atoms with Crippen LogP contribution < -0.4 is 0 Å². The normalized spacial score (nSPS) is 29.4. The van der Waals surface area contributed by atoms with Crippen molar-refractivity contribution in [2.75, 3.05) is 0 Å². The molecule has 16 heavy (non-hydrogen) atoms. The van der Waals surface area contributed by atoms with E-state index in [1.807, 2.05) is 0 Å². The predicted molar refractivity (Wildman–Crippen MR) is 69.8 cm³/mol. The van der Waals surface area contributed by atoms with Crippen molar-refractivity contribution in [2.45, 2.75) is 59.3 Å². The van der Waals surface area contributed by atoms with Crippen molar-refractivity contribution >= 4 is 0 Å². The molecular formula is C15H25N. The van der Waals surface area contributed by atoms with E-state index < -0.39 is 0 Å². The third kappa shape index (κ3) is 1.61. The maximum absolute atomic E-state index is 3.48. The van der Waals surface area contributed by atoms with Crippen molar-refractivity contribution in [1.29, 1.82) is 0 Å². The maximum Gasteiger partial charge on any atom is 0.0217 e. The fourth-order valence-electron chi connectivity index (χ4n) is 3.83. The second-order valence-electron chi connectivity index (χ2n) is 6.27. The van der Waals surface area contributed by atoms with E-state index in [-0.39, 0.29) is 0 Å². The minimum Gasteiger partial charge on any atom is -0.365 e. The quantitative estimate of drug-likeness (QED) is 0.743. The van der Waals surface area contributed by atoms with Crippen molar-refractivity contribution in [3.05, 3.63) is 23.5 Å². The Kier molecular flexibility index (Phi) is 2.90. The molecule has 1 aliphatic rings. The average molecular weight is 219 g/mol. The summed E-state index contributed by atoms with van der Waals surface area (Å²) in [6.45, 7) is 11.9. The molecule has 0 aromatic carbocycles. The van der Waals surface area contributed by atoms with E-state index in [4.69, 9.17) is 0 Å². The first-order valence-corrected chi connectivity index (χ1v) is 6.67. The molecule has 0 bridgehead atoms. The fraction of sp³-hybridized carbons (Fsp3) is 0.733. The highest BCUT2D eigenvalue weighted by atomic mass is 14.7. The van der Waals surface area contributed by atoms with Gasteiger partial charge in [0.25, 0.3) is 0 Å². The van der Waals surface area contributed by atoms with E-state index in [1.165, 1.54) is 18.5 Å². The number of aromatic nitrogens is 1. The van der Waals surface area contributed by atoms with Gasteiger partial charge in [-0.05, 0) is 41.7 Å². The standard InChI is InChI=1S/C15H25N/c1-6-10-12-8-9-16-14(12)11(7-2)13(10)15(3,4)5/h8-11,13,16H,6-7H2,1-5H3. The lowest BCUT2D eigenvalue weighted by atomic mass is 9.68. The SMILES string of the molecule is CCC1c2cc[nH]c2C(CC)C1C(C)(C)C. The van der Waals surface area contributed by atoms with Crippen LogP contribution in [0.5, 0.6) is 0 Å². The molecule has 1 heteroatoms. The van der Waals surface area contributed by atoms with E-state index in [0.29, 0.717) is 5.41 Å². The Morgan fingerprint density at radius 3 is 2.25 bits per heavy atom. The molecule has 0 fully saturated rings. The Labute approximate surface area is 99.6 Å². The minimum atomic E-state index is 0.404. The van der Waals surface area contributed by atoms with Crippen molar-refractivity contribution in [3.8, 4) is 0 Å². The molecule has 90 valence electrons. The Morgan fingerprint density at radius 2 is 1.75 bits per heavy atom. The zero-order chi connectivity index (χ0) is 11.9. The van der Waals surface area contributed by atoms with Gasteiger partial charge < -0.3 is 4.98 Å². The predicted octanol–water partition coefficient (Wildman–Crippen LogP) is 4.68. The van der Waals surface area contributed by atoms with Crippen molar-refractivity contribution < 1.29 is 0 Å². The van der Waals surface area contributed by atoms with Crippen LogP contribution in [0.4, 0.5) is 0 Å². The molecule has 2 rings (SSSR count). The van der Waals surface area contributed by atoms with Gasteiger partial charge in [-0.2, -0.15) is 0 Å². The number of hydrogen-bond donors (Lipinski definition) is 1.